The first-order valence-electron chi connectivity index (χ1n) is 9.64. The van der Waals surface area contributed by atoms with Gasteiger partial charge in [-0.25, -0.2) is 0 Å². The maximum atomic E-state index is 12.4. The van der Waals surface area contributed by atoms with E-state index in [-0.39, 0.29) is 17.7 Å². The van der Waals surface area contributed by atoms with E-state index in [9.17, 15) is 10.3 Å². The molecule has 2 saturated carbocycles. The number of rotatable bonds is 3. The summed E-state index contributed by atoms with van der Waals surface area (Å²) < 4.78 is 6.36. The molecule has 144 valence electrons. The van der Waals surface area contributed by atoms with Gasteiger partial charge in [-0.1, -0.05) is 44.5 Å². The van der Waals surface area contributed by atoms with Gasteiger partial charge in [0.15, 0.2) is 0 Å². The Bertz CT molecular complexity index is 800. The van der Waals surface area contributed by atoms with Crippen molar-refractivity contribution in [1.82, 2.24) is 0 Å². The molecule has 1 heterocycles. The fraction of sp³-hybridized carbons (Fsp3) is 0.619. The number of hydrogen-bond donors (Lipinski definition) is 0. The average Bonchev–Trinajstić information content (AvgIpc) is 3.19. The third-order valence-electron chi connectivity index (χ3n) is 6.85. The lowest BCUT2D eigenvalue weighted by Gasteiger charge is -2.32. The van der Waals surface area contributed by atoms with Gasteiger partial charge in [0.1, 0.15) is 0 Å². The number of halogens is 1. The summed E-state index contributed by atoms with van der Waals surface area (Å²) in [5.74, 6) is 3.29. The molecule has 1 saturated heterocycles. The molecule has 0 spiro atoms. The highest BCUT2D eigenvalue weighted by molar-refractivity contribution is 6.30. The molecule has 5 nitrogen and oxygen atoms in total. The van der Waals surface area contributed by atoms with Gasteiger partial charge < -0.3 is 10.1 Å². The van der Waals surface area contributed by atoms with Crippen molar-refractivity contribution in [2.24, 2.45) is 23.2 Å². The Hall–Kier alpha value is -1.68. The lowest BCUT2D eigenvalue weighted by atomic mass is 9.87. The lowest BCUT2D eigenvalue weighted by Crippen LogP contribution is -2.40. The molecule has 2 aliphatic carbocycles. The van der Waals surface area contributed by atoms with Gasteiger partial charge in [0.25, 0.3) is 11.2 Å². The van der Waals surface area contributed by atoms with Crippen molar-refractivity contribution in [3.05, 3.63) is 50.9 Å². The minimum absolute atomic E-state index is 0.0542. The Morgan fingerprint density at radius 3 is 2.67 bits per heavy atom. The Balaban J connectivity index is 1.55. The number of hydrogen-bond acceptors (Lipinski definition) is 3. The summed E-state index contributed by atoms with van der Waals surface area (Å²) in [5, 5.41) is 10.1. The van der Waals surface area contributed by atoms with Gasteiger partial charge in [0.05, 0.1) is 16.9 Å². The fourth-order valence-electron chi connectivity index (χ4n) is 5.17. The van der Waals surface area contributed by atoms with Crippen LogP contribution in [0, 0.1) is 28.1 Å². The number of nitrogens with zero attached hydrogens (tertiary/aromatic N) is 2. The van der Waals surface area contributed by atoms with Crippen molar-refractivity contribution >= 4 is 17.5 Å². The number of allylic oxidation sites excluding steroid dienone is 1. The van der Waals surface area contributed by atoms with E-state index < -0.39 is 6.29 Å². The third kappa shape index (κ3) is 3.22. The summed E-state index contributed by atoms with van der Waals surface area (Å²) >= 11 is 5.98. The first-order valence-corrected chi connectivity index (χ1v) is 10.0. The monoisotopic (exact) mass is 388 g/mol. The van der Waals surface area contributed by atoms with Crippen LogP contribution in [0.4, 0.5) is 0 Å². The molecule has 0 unspecified atom stereocenters. The maximum Gasteiger partial charge on any atom is 0.320 e. The average molecular weight is 389 g/mol. The molecule has 6 atom stereocenters. The van der Waals surface area contributed by atoms with Crippen molar-refractivity contribution in [2.75, 3.05) is 0 Å². The highest BCUT2D eigenvalue weighted by Gasteiger charge is 2.64. The van der Waals surface area contributed by atoms with E-state index in [0.717, 1.165) is 12.0 Å². The molecule has 27 heavy (non-hydrogen) atoms. The van der Waals surface area contributed by atoms with E-state index in [0.29, 0.717) is 39.5 Å². The SMILES string of the molecule is C[C@H]1CC[C@@H]2[C@H]([C@@H]1O[C@H]1C[C@H](c3ccc(Cl)cc3)C(=C=[N-])[N+](=O)O1)C2(C)C. The lowest BCUT2D eigenvalue weighted by molar-refractivity contribution is -0.801. The first-order chi connectivity index (χ1) is 12.8. The summed E-state index contributed by atoms with van der Waals surface area (Å²) in [7, 11) is 0. The summed E-state index contributed by atoms with van der Waals surface area (Å²) in [6.07, 6.45) is 2.27. The molecule has 6 heteroatoms. The van der Waals surface area contributed by atoms with Crippen LogP contribution in [-0.4, -0.2) is 23.2 Å². The van der Waals surface area contributed by atoms with E-state index >= 15 is 0 Å². The summed E-state index contributed by atoms with van der Waals surface area (Å²) in [4.78, 5) is 18.1. The zero-order chi connectivity index (χ0) is 19.3. The summed E-state index contributed by atoms with van der Waals surface area (Å²) in [6, 6.07) is 7.24. The first kappa shape index (κ1) is 18.7. The molecule has 0 N–H and O–H groups in total. The molecule has 4 rings (SSSR count). The second kappa shape index (κ2) is 6.73. The number of benzene rings is 1. The Kier molecular flexibility index (Phi) is 4.66. The molecule has 0 radical (unpaired) electrons. The maximum absolute atomic E-state index is 12.4. The minimum Gasteiger partial charge on any atom is -0.758 e. The normalized spacial score (nSPS) is 37.2. The van der Waals surface area contributed by atoms with Crippen LogP contribution in [0.3, 0.4) is 0 Å². The van der Waals surface area contributed by atoms with E-state index in [1.807, 2.05) is 18.0 Å². The molecule has 1 aromatic carbocycles. The molecule has 0 aromatic heterocycles. The zero-order valence-corrected chi connectivity index (χ0v) is 16.6. The Morgan fingerprint density at radius 1 is 1.30 bits per heavy atom. The van der Waals surface area contributed by atoms with Crippen LogP contribution in [0.15, 0.2) is 30.0 Å². The van der Waals surface area contributed by atoms with E-state index in [2.05, 4.69) is 20.8 Å². The van der Waals surface area contributed by atoms with Crippen molar-refractivity contribution in [2.45, 2.75) is 58.3 Å². The van der Waals surface area contributed by atoms with Crippen LogP contribution >= 0.6 is 11.6 Å². The molecule has 3 aliphatic rings. The molecular formula is C21H25ClN2O3. The Morgan fingerprint density at radius 2 is 2.00 bits per heavy atom. The quantitative estimate of drug-likeness (QED) is 0.679. The zero-order valence-electron chi connectivity index (χ0n) is 15.9. The van der Waals surface area contributed by atoms with Gasteiger partial charge in [-0.05, 0) is 53.7 Å². The van der Waals surface area contributed by atoms with Crippen LogP contribution < -0.4 is 0 Å². The highest BCUT2D eigenvalue weighted by Crippen LogP contribution is 2.66. The predicted octanol–water partition coefficient (Wildman–Crippen LogP) is 5.07. The van der Waals surface area contributed by atoms with Crippen LogP contribution in [0.5, 0.6) is 0 Å². The van der Waals surface area contributed by atoms with Crippen molar-refractivity contribution in [1.29, 1.82) is 0 Å². The smallest absolute Gasteiger partial charge is 0.320 e. The van der Waals surface area contributed by atoms with Crippen LogP contribution in [0.2, 0.25) is 5.02 Å². The van der Waals surface area contributed by atoms with Crippen molar-refractivity contribution in [3.8, 4) is 0 Å². The molecule has 0 amide bonds. The van der Waals surface area contributed by atoms with Gasteiger partial charge >= 0.3 is 5.70 Å². The Labute approximate surface area is 164 Å². The molecule has 0 bridgehead atoms. The topological polar surface area (TPSA) is 60.8 Å². The van der Waals surface area contributed by atoms with Crippen LogP contribution in [0.25, 0.3) is 5.41 Å². The third-order valence-corrected chi connectivity index (χ3v) is 7.10. The summed E-state index contributed by atoms with van der Waals surface area (Å²) in [6.45, 7) is 6.82. The summed E-state index contributed by atoms with van der Waals surface area (Å²) in [5.41, 5.74) is 1.22. The van der Waals surface area contributed by atoms with Gasteiger partial charge in [-0.2, -0.15) is 10.7 Å². The minimum atomic E-state index is -0.650. The standard InChI is InChI=1S/C21H25ClN2O3/c1-12-4-9-16-19(21(16,2)3)20(12)26-18-10-15(17(11-23)24(25)27-18)13-5-7-14(22)8-6-13/h5-8,12,15-16,18-20H,4,9-10H2,1-3H3/t12-,15+,16+,18+,19+,20+/m0/s1. The van der Waals surface area contributed by atoms with Gasteiger partial charge in [-0.3, -0.25) is 0 Å². The molecule has 1 aliphatic heterocycles. The predicted molar refractivity (Wildman–Crippen MR) is 103 cm³/mol. The van der Waals surface area contributed by atoms with E-state index in [4.69, 9.17) is 21.2 Å². The van der Waals surface area contributed by atoms with Gasteiger partial charge in [0.2, 0.25) is 0 Å². The molecule has 1 aromatic rings. The molecular weight excluding hydrogens is 364 g/mol. The van der Waals surface area contributed by atoms with Crippen LogP contribution in [-0.2, 0) is 9.57 Å². The van der Waals surface area contributed by atoms with Crippen molar-refractivity contribution in [3.63, 3.8) is 0 Å². The van der Waals surface area contributed by atoms with E-state index in [1.54, 1.807) is 12.1 Å². The van der Waals surface area contributed by atoms with Gasteiger partial charge in [0, 0.05) is 11.4 Å². The largest absolute Gasteiger partial charge is 0.758 e. The van der Waals surface area contributed by atoms with Crippen LogP contribution in [0.1, 0.15) is 51.5 Å². The number of ether oxygens (including phenoxy) is 1. The highest BCUT2D eigenvalue weighted by atomic mass is 35.5. The number of fused-ring (bicyclic) bond motifs is 1. The van der Waals surface area contributed by atoms with E-state index in [1.165, 1.54) is 6.42 Å². The molecule has 3 fully saturated rings. The van der Waals surface area contributed by atoms with Gasteiger partial charge in [-0.15, -0.1) is 0 Å². The fourth-order valence-corrected chi connectivity index (χ4v) is 5.30. The van der Waals surface area contributed by atoms with Crippen molar-refractivity contribution < 1.29 is 14.5 Å². The second-order valence-corrected chi connectivity index (χ2v) is 9.17. The second-order valence-electron chi connectivity index (χ2n) is 8.74.